The average Bonchev–Trinajstić information content (AvgIpc) is 2.80. The predicted octanol–water partition coefficient (Wildman–Crippen LogP) is 3.42. The minimum Gasteiger partial charge on any atom is -0.466 e. The molecule has 0 unspecified atom stereocenters. The summed E-state index contributed by atoms with van der Waals surface area (Å²) in [5, 5.41) is 2.84. The average molecular weight is 448 g/mol. The van der Waals surface area contributed by atoms with E-state index < -0.39 is 0 Å². The fourth-order valence-electron chi connectivity index (χ4n) is 4.76. The number of benzene rings is 1. The molecule has 2 saturated heterocycles. The molecule has 176 valence electrons. The van der Waals surface area contributed by atoms with Gasteiger partial charge in [0.1, 0.15) is 5.82 Å². The van der Waals surface area contributed by atoms with Crippen molar-refractivity contribution in [2.45, 2.75) is 52.5 Å². The Labute approximate surface area is 189 Å². The summed E-state index contributed by atoms with van der Waals surface area (Å²) in [5.41, 5.74) is 1.41. The smallest absolute Gasteiger partial charge is 0.317 e. The maximum atomic E-state index is 13.8. The Morgan fingerprint density at radius 1 is 1.12 bits per heavy atom. The van der Waals surface area contributed by atoms with Crippen molar-refractivity contribution in [2.24, 2.45) is 11.8 Å². The number of hydrogen-bond acceptors (Lipinski definition) is 4. The lowest BCUT2D eigenvalue weighted by molar-refractivity contribution is -0.152. The topological polar surface area (TPSA) is 79.0 Å². The molecule has 0 aromatic heterocycles. The summed E-state index contributed by atoms with van der Waals surface area (Å²) in [4.78, 5) is 41.8. The van der Waals surface area contributed by atoms with Crippen LogP contribution < -0.4 is 5.32 Å². The van der Waals surface area contributed by atoms with E-state index in [2.05, 4.69) is 5.32 Å². The van der Waals surface area contributed by atoms with Gasteiger partial charge in [0, 0.05) is 26.2 Å². The highest BCUT2D eigenvalue weighted by Gasteiger charge is 2.39. The van der Waals surface area contributed by atoms with E-state index in [1.807, 2.05) is 6.92 Å². The first-order valence-corrected chi connectivity index (χ1v) is 11.6. The highest BCUT2D eigenvalue weighted by Crippen LogP contribution is 2.35. The standard InChI is InChI=1S/C24H34FN3O4/c1-4-26-24(31)28-15-18(9-11-21(28)17-8-10-20(25)16(3)13-17)22(29)27-12-6-7-19(14-27)23(30)32-5-2/h8,10,13,18-19,21H,4-7,9,11-12,14-15H2,1-3H3,(H,26,31)/t18-,19+,21+/m1/s1. The molecule has 7 nitrogen and oxygen atoms in total. The first kappa shape index (κ1) is 24.0. The molecule has 0 radical (unpaired) electrons. The van der Waals surface area contributed by atoms with E-state index in [0.717, 1.165) is 18.4 Å². The van der Waals surface area contributed by atoms with Crippen molar-refractivity contribution in [3.63, 3.8) is 0 Å². The number of halogens is 1. The normalized spacial score (nSPS) is 23.6. The number of nitrogens with zero attached hydrogens (tertiary/aromatic N) is 2. The zero-order valence-corrected chi connectivity index (χ0v) is 19.2. The van der Waals surface area contributed by atoms with E-state index in [9.17, 15) is 18.8 Å². The van der Waals surface area contributed by atoms with Crippen molar-refractivity contribution in [3.8, 4) is 0 Å². The van der Waals surface area contributed by atoms with Gasteiger partial charge >= 0.3 is 12.0 Å². The molecule has 2 aliphatic heterocycles. The summed E-state index contributed by atoms with van der Waals surface area (Å²) >= 11 is 0. The van der Waals surface area contributed by atoms with Gasteiger partial charge in [-0.3, -0.25) is 9.59 Å². The number of piperidine rings is 2. The Kier molecular flexibility index (Phi) is 8.10. The SMILES string of the molecule is CCNC(=O)N1C[C@H](C(=O)N2CCC[C@H](C(=O)OCC)C2)CC[C@H]1c1ccc(F)c(C)c1. The Bertz CT molecular complexity index is 847. The van der Waals surface area contributed by atoms with Gasteiger partial charge in [0.2, 0.25) is 5.91 Å². The maximum absolute atomic E-state index is 13.8. The monoisotopic (exact) mass is 447 g/mol. The van der Waals surface area contributed by atoms with Gasteiger partial charge in [-0.15, -0.1) is 0 Å². The van der Waals surface area contributed by atoms with E-state index in [-0.39, 0.29) is 41.6 Å². The summed E-state index contributed by atoms with van der Waals surface area (Å²) < 4.78 is 18.9. The third-order valence-corrected chi connectivity index (χ3v) is 6.44. The van der Waals surface area contributed by atoms with Crippen molar-refractivity contribution >= 4 is 17.9 Å². The van der Waals surface area contributed by atoms with E-state index in [0.29, 0.717) is 51.2 Å². The molecule has 3 amide bonds. The van der Waals surface area contributed by atoms with Gasteiger partial charge in [-0.2, -0.15) is 0 Å². The Balaban J connectivity index is 1.74. The molecule has 1 aromatic rings. The van der Waals surface area contributed by atoms with Crippen LogP contribution in [0.25, 0.3) is 0 Å². The molecule has 2 aliphatic rings. The largest absolute Gasteiger partial charge is 0.466 e. The van der Waals surface area contributed by atoms with Crippen LogP contribution in [0.5, 0.6) is 0 Å². The highest BCUT2D eigenvalue weighted by atomic mass is 19.1. The number of carbonyl (C=O) groups is 3. The van der Waals surface area contributed by atoms with E-state index in [1.165, 1.54) is 6.07 Å². The van der Waals surface area contributed by atoms with Crippen molar-refractivity contribution in [2.75, 3.05) is 32.8 Å². The molecule has 0 bridgehead atoms. The Morgan fingerprint density at radius 3 is 2.59 bits per heavy atom. The van der Waals surface area contributed by atoms with Crippen LogP contribution in [0.4, 0.5) is 9.18 Å². The van der Waals surface area contributed by atoms with Gasteiger partial charge in [0.05, 0.1) is 24.5 Å². The molecule has 3 rings (SSSR count). The lowest BCUT2D eigenvalue weighted by Crippen LogP contribution is -2.52. The summed E-state index contributed by atoms with van der Waals surface area (Å²) in [6, 6.07) is 4.50. The van der Waals surface area contributed by atoms with Crippen LogP contribution in [0.2, 0.25) is 0 Å². The van der Waals surface area contributed by atoms with Gasteiger partial charge in [0.25, 0.3) is 0 Å². The van der Waals surface area contributed by atoms with Crippen LogP contribution in [0, 0.1) is 24.6 Å². The van der Waals surface area contributed by atoms with Crippen LogP contribution in [-0.4, -0.2) is 60.5 Å². The number of esters is 1. The van der Waals surface area contributed by atoms with Gasteiger partial charge in [0.15, 0.2) is 0 Å². The van der Waals surface area contributed by atoms with Crippen molar-refractivity contribution in [1.82, 2.24) is 15.1 Å². The number of amides is 3. The van der Waals surface area contributed by atoms with E-state index in [4.69, 9.17) is 4.74 Å². The number of ether oxygens (including phenoxy) is 1. The molecular formula is C24H34FN3O4. The van der Waals surface area contributed by atoms with Gasteiger partial charge in [-0.05, 0) is 63.6 Å². The second-order valence-electron chi connectivity index (χ2n) is 8.66. The van der Waals surface area contributed by atoms with Gasteiger partial charge in [-0.1, -0.05) is 12.1 Å². The first-order chi connectivity index (χ1) is 15.3. The highest BCUT2D eigenvalue weighted by molar-refractivity contribution is 5.82. The zero-order chi connectivity index (χ0) is 23.3. The van der Waals surface area contributed by atoms with Crippen molar-refractivity contribution < 1.29 is 23.5 Å². The number of nitrogens with one attached hydrogen (secondary N) is 1. The van der Waals surface area contributed by atoms with Crippen molar-refractivity contribution in [3.05, 3.63) is 35.1 Å². The first-order valence-electron chi connectivity index (χ1n) is 11.6. The second-order valence-corrected chi connectivity index (χ2v) is 8.66. The maximum Gasteiger partial charge on any atom is 0.317 e. The molecule has 1 N–H and O–H groups in total. The van der Waals surface area contributed by atoms with Crippen LogP contribution >= 0.6 is 0 Å². The van der Waals surface area contributed by atoms with Gasteiger partial charge in [-0.25, -0.2) is 9.18 Å². The third-order valence-electron chi connectivity index (χ3n) is 6.44. The molecule has 2 heterocycles. The number of hydrogen-bond donors (Lipinski definition) is 1. The summed E-state index contributed by atoms with van der Waals surface area (Å²) in [5.74, 6) is -1.14. The number of aryl methyl sites for hydroxylation is 1. The summed E-state index contributed by atoms with van der Waals surface area (Å²) in [6.45, 7) is 7.44. The molecule has 0 aliphatic carbocycles. The molecule has 3 atom stereocenters. The number of rotatable bonds is 5. The third kappa shape index (κ3) is 5.40. The quantitative estimate of drug-likeness (QED) is 0.702. The van der Waals surface area contributed by atoms with Crippen molar-refractivity contribution in [1.29, 1.82) is 0 Å². The fourth-order valence-corrected chi connectivity index (χ4v) is 4.76. The lowest BCUT2D eigenvalue weighted by atomic mass is 9.87. The second kappa shape index (κ2) is 10.8. The summed E-state index contributed by atoms with van der Waals surface area (Å²) in [6.07, 6.45) is 2.74. The minimum absolute atomic E-state index is 0.0120. The summed E-state index contributed by atoms with van der Waals surface area (Å²) in [7, 11) is 0. The predicted molar refractivity (Wildman–Crippen MR) is 118 cm³/mol. The lowest BCUT2D eigenvalue weighted by Gasteiger charge is -2.42. The van der Waals surface area contributed by atoms with Crippen LogP contribution in [0.1, 0.15) is 56.7 Å². The number of likely N-dealkylation sites (tertiary alicyclic amines) is 2. The zero-order valence-electron chi connectivity index (χ0n) is 19.2. The number of carbonyl (C=O) groups excluding carboxylic acids is 3. The van der Waals surface area contributed by atoms with Gasteiger partial charge < -0.3 is 19.9 Å². The van der Waals surface area contributed by atoms with Crippen LogP contribution in [0.15, 0.2) is 18.2 Å². The van der Waals surface area contributed by atoms with Crippen LogP contribution in [-0.2, 0) is 14.3 Å². The molecule has 8 heteroatoms. The minimum atomic E-state index is -0.323. The number of urea groups is 1. The Morgan fingerprint density at radius 2 is 1.91 bits per heavy atom. The molecule has 32 heavy (non-hydrogen) atoms. The fraction of sp³-hybridized carbons (Fsp3) is 0.625. The van der Waals surface area contributed by atoms with E-state index >= 15 is 0 Å². The van der Waals surface area contributed by atoms with E-state index in [1.54, 1.807) is 35.8 Å². The molecular weight excluding hydrogens is 413 g/mol. The molecule has 1 aromatic carbocycles. The molecule has 0 spiro atoms. The molecule has 0 saturated carbocycles. The van der Waals surface area contributed by atoms with Crippen LogP contribution in [0.3, 0.4) is 0 Å². The molecule has 2 fully saturated rings. The Hall–Kier alpha value is -2.64.